The van der Waals surface area contributed by atoms with Crippen LogP contribution in [0.1, 0.15) is 40.5 Å². The SMILES string of the molecule is COc1ccc2[nH]c3c(c2c1)CCCC3NC(=O)c1ccncc1. The fraction of sp³-hybridized carbons (Fsp3) is 0.263. The topological polar surface area (TPSA) is 67.0 Å². The van der Waals surface area contributed by atoms with Gasteiger partial charge in [-0.3, -0.25) is 9.78 Å². The van der Waals surface area contributed by atoms with Crippen LogP contribution in [0.15, 0.2) is 42.7 Å². The van der Waals surface area contributed by atoms with Crippen LogP contribution in [0.4, 0.5) is 0 Å². The first-order valence-electron chi connectivity index (χ1n) is 8.15. The molecule has 0 spiro atoms. The predicted molar refractivity (Wildman–Crippen MR) is 92.2 cm³/mol. The molecule has 1 unspecified atom stereocenters. The molecule has 1 aliphatic rings. The summed E-state index contributed by atoms with van der Waals surface area (Å²) in [6.45, 7) is 0. The minimum Gasteiger partial charge on any atom is -0.497 e. The Balaban J connectivity index is 1.67. The molecule has 0 saturated carbocycles. The summed E-state index contributed by atoms with van der Waals surface area (Å²) in [7, 11) is 1.68. The summed E-state index contributed by atoms with van der Waals surface area (Å²) < 4.78 is 5.34. The lowest BCUT2D eigenvalue weighted by Crippen LogP contribution is -2.31. The maximum absolute atomic E-state index is 12.5. The van der Waals surface area contributed by atoms with Gasteiger partial charge in [-0.1, -0.05) is 0 Å². The van der Waals surface area contributed by atoms with E-state index in [1.165, 1.54) is 10.9 Å². The van der Waals surface area contributed by atoms with E-state index >= 15 is 0 Å². The maximum atomic E-state index is 12.5. The summed E-state index contributed by atoms with van der Waals surface area (Å²) >= 11 is 0. The third-order valence-electron chi connectivity index (χ3n) is 4.66. The number of carbonyl (C=O) groups excluding carboxylic acids is 1. The van der Waals surface area contributed by atoms with Crippen molar-refractivity contribution in [3.63, 3.8) is 0 Å². The van der Waals surface area contributed by atoms with Gasteiger partial charge in [0.2, 0.25) is 0 Å². The van der Waals surface area contributed by atoms with E-state index in [1.54, 1.807) is 31.6 Å². The van der Waals surface area contributed by atoms with Crippen molar-refractivity contribution in [2.75, 3.05) is 7.11 Å². The fourth-order valence-electron chi connectivity index (χ4n) is 3.46. The molecule has 0 bridgehead atoms. The van der Waals surface area contributed by atoms with E-state index in [0.717, 1.165) is 36.2 Å². The summed E-state index contributed by atoms with van der Waals surface area (Å²) in [5.74, 6) is 0.790. The first kappa shape index (κ1) is 14.8. The number of benzene rings is 1. The van der Waals surface area contributed by atoms with Crippen LogP contribution in [0, 0.1) is 0 Å². The summed E-state index contributed by atoms with van der Waals surface area (Å²) in [6.07, 6.45) is 6.28. The van der Waals surface area contributed by atoms with Gasteiger partial charge in [0.05, 0.1) is 13.2 Å². The largest absolute Gasteiger partial charge is 0.497 e. The van der Waals surface area contributed by atoms with Crippen LogP contribution in [0.25, 0.3) is 10.9 Å². The molecule has 2 heterocycles. The zero-order valence-corrected chi connectivity index (χ0v) is 13.5. The second-order valence-electron chi connectivity index (χ2n) is 6.08. The van der Waals surface area contributed by atoms with Gasteiger partial charge in [-0.15, -0.1) is 0 Å². The first-order chi connectivity index (χ1) is 11.8. The van der Waals surface area contributed by atoms with Crippen LogP contribution in [0.2, 0.25) is 0 Å². The average Bonchev–Trinajstić information content (AvgIpc) is 3.01. The Labute approximate surface area is 140 Å². The molecule has 2 aromatic heterocycles. The number of H-pyrrole nitrogens is 1. The molecular formula is C19H19N3O2. The second-order valence-corrected chi connectivity index (χ2v) is 6.08. The van der Waals surface area contributed by atoms with E-state index in [-0.39, 0.29) is 11.9 Å². The summed E-state index contributed by atoms with van der Waals surface area (Å²) in [6, 6.07) is 9.53. The molecule has 24 heavy (non-hydrogen) atoms. The number of nitrogens with one attached hydrogen (secondary N) is 2. The van der Waals surface area contributed by atoms with Crippen molar-refractivity contribution < 1.29 is 9.53 Å². The van der Waals surface area contributed by atoms with Crippen LogP contribution < -0.4 is 10.1 Å². The molecule has 5 heteroatoms. The highest BCUT2D eigenvalue weighted by Gasteiger charge is 2.26. The number of fused-ring (bicyclic) bond motifs is 3. The quantitative estimate of drug-likeness (QED) is 0.777. The molecule has 3 aromatic rings. The lowest BCUT2D eigenvalue weighted by Gasteiger charge is -2.23. The zero-order chi connectivity index (χ0) is 16.5. The minimum absolute atomic E-state index is 0.00723. The fourth-order valence-corrected chi connectivity index (χ4v) is 3.46. The van der Waals surface area contributed by atoms with Gasteiger partial charge in [0.1, 0.15) is 5.75 Å². The molecule has 1 atom stereocenters. The van der Waals surface area contributed by atoms with Crippen molar-refractivity contribution in [2.24, 2.45) is 0 Å². The highest BCUT2D eigenvalue weighted by atomic mass is 16.5. The Morgan fingerprint density at radius 2 is 2.12 bits per heavy atom. The van der Waals surface area contributed by atoms with Crippen molar-refractivity contribution in [3.8, 4) is 5.75 Å². The zero-order valence-electron chi connectivity index (χ0n) is 13.5. The average molecular weight is 321 g/mol. The van der Waals surface area contributed by atoms with Crippen molar-refractivity contribution in [3.05, 3.63) is 59.5 Å². The van der Waals surface area contributed by atoms with E-state index in [9.17, 15) is 4.79 Å². The lowest BCUT2D eigenvalue weighted by atomic mass is 9.91. The van der Waals surface area contributed by atoms with Crippen LogP contribution in [0.3, 0.4) is 0 Å². The Bertz CT molecular complexity index is 886. The number of rotatable bonds is 3. The highest BCUT2D eigenvalue weighted by Crippen LogP contribution is 2.36. The van der Waals surface area contributed by atoms with Gasteiger partial charge >= 0.3 is 0 Å². The number of hydrogen-bond donors (Lipinski definition) is 2. The van der Waals surface area contributed by atoms with Crippen molar-refractivity contribution in [1.29, 1.82) is 0 Å². The summed E-state index contributed by atoms with van der Waals surface area (Å²) in [4.78, 5) is 19.9. The molecule has 1 amide bonds. The molecule has 5 nitrogen and oxygen atoms in total. The monoisotopic (exact) mass is 321 g/mol. The predicted octanol–water partition coefficient (Wildman–Crippen LogP) is 3.38. The number of methoxy groups -OCH3 is 1. The molecule has 1 aliphatic carbocycles. The Hall–Kier alpha value is -2.82. The van der Waals surface area contributed by atoms with E-state index in [2.05, 4.69) is 21.4 Å². The van der Waals surface area contributed by atoms with Gasteiger partial charge in [-0.2, -0.15) is 0 Å². The number of aromatic nitrogens is 2. The third kappa shape index (κ3) is 2.52. The number of pyridine rings is 1. The summed E-state index contributed by atoms with van der Waals surface area (Å²) in [5, 5.41) is 4.34. The van der Waals surface area contributed by atoms with Gasteiger partial charge in [-0.05, 0) is 55.2 Å². The number of aromatic amines is 1. The van der Waals surface area contributed by atoms with E-state index in [1.807, 2.05) is 12.1 Å². The Kier molecular flexibility index (Phi) is 3.69. The van der Waals surface area contributed by atoms with Crippen LogP contribution >= 0.6 is 0 Å². The minimum atomic E-state index is -0.0634. The van der Waals surface area contributed by atoms with Gasteiger partial charge in [0.15, 0.2) is 0 Å². The van der Waals surface area contributed by atoms with E-state index in [0.29, 0.717) is 5.56 Å². The second kappa shape index (κ2) is 6.00. The van der Waals surface area contributed by atoms with Crippen molar-refractivity contribution in [1.82, 2.24) is 15.3 Å². The number of nitrogens with zero attached hydrogens (tertiary/aromatic N) is 1. The van der Waals surface area contributed by atoms with Gasteiger partial charge in [-0.25, -0.2) is 0 Å². The Morgan fingerprint density at radius 1 is 1.29 bits per heavy atom. The van der Waals surface area contributed by atoms with Crippen molar-refractivity contribution >= 4 is 16.8 Å². The van der Waals surface area contributed by atoms with Crippen LogP contribution in [0.5, 0.6) is 5.75 Å². The summed E-state index contributed by atoms with van der Waals surface area (Å²) in [5.41, 5.74) is 4.13. The molecule has 2 N–H and O–H groups in total. The van der Waals surface area contributed by atoms with Crippen molar-refractivity contribution in [2.45, 2.75) is 25.3 Å². The van der Waals surface area contributed by atoms with Gasteiger partial charge < -0.3 is 15.0 Å². The smallest absolute Gasteiger partial charge is 0.251 e. The molecule has 122 valence electrons. The number of carbonyl (C=O) groups is 1. The van der Waals surface area contributed by atoms with Gasteiger partial charge in [0, 0.05) is 34.6 Å². The lowest BCUT2D eigenvalue weighted by molar-refractivity contribution is 0.0932. The standard InChI is InChI=1S/C19H19N3O2/c1-24-13-5-6-16-15(11-13)14-3-2-4-17(18(14)21-16)22-19(23)12-7-9-20-10-8-12/h5-11,17,21H,2-4H2,1H3,(H,22,23). The number of hydrogen-bond acceptors (Lipinski definition) is 3. The van der Waals surface area contributed by atoms with E-state index < -0.39 is 0 Å². The Morgan fingerprint density at radius 3 is 2.92 bits per heavy atom. The molecule has 0 radical (unpaired) electrons. The molecule has 0 saturated heterocycles. The normalized spacial score (nSPS) is 16.6. The maximum Gasteiger partial charge on any atom is 0.251 e. The van der Waals surface area contributed by atoms with Crippen LogP contribution in [-0.4, -0.2) is 23.0 Å². The van der Waals surface area contributed by atoms with Crippen LogP contribution in [-0.2, 0) is 6.42 Å². The number of aryl methyl sites for hydroxylation is 1. The first-order valence-corrected chi connectivity index (χ1v) is 8.15. The molecular weight excluding hydrogens is 302 g/mol. The highest BCUT2D eigenvalue weighted by molar-refractivity contribution is 5.94. The molecule has 0 fully saturated rings. The molecule has 1 aromatic carbocycles. The van der Waals surface area contributed by atoms with E-state index in [4.69, 9.17) is 4.74 Å². The number of amides is 1. The molecule has 0 aliphatic heterocycles. The third-order valence-corrected chi connectivity index (χ3v) is 4.66. The molecule has 4 rings (SSSR count). The van der Waals surface area contributed by atoms with Gasteiger partial charge in [0.25, 0.3) is 5.91 Å². The number of ether oxygens (including phenoxy) is 1.